The molecule has 0 spiro atoms. The highest BCUT2D eigenvalue weighted by Gasteiger charge is 2.40. The second kappa shape index (κ2) is 8.65. The summed E-state index contributed by atoms with van der Waals surface area (Å²) in [6.45, 7) is 10.1. The van der Waals surface area contributed by atoms with Gasteiger partial charge in [-0.2, -0.15) is 5.10 Å². The minimum Gasteiger partial charge on any atom is -0.363 e. The van der Waals surface area contributed by atoms with Gasteiger partial charge < -0.3 is 10.6 Å². The Morgan fingerprint density at radius 2 is 1.79 bits per heavy atom. The normalized spacial score (nSPS) is 17.2. The molecule has 1 aliphatic heterocycles. The van der Waals surface area contributed by atoms with Crippen molar-refractivity contribution in [3.63, 3.8) is 0 Å². The molecule has 2 N–H and O–H groups in total. The van der Waals surface area contributed by atoms with Crippen LogP contribution in [0.2, 0.25) is 0 Å². The molecule has 1 atom stereocenters. The number of nitrogens with zero attached hydrogens (tertiary/aromatic N) is 2. The Labute approximate surface area is 195 Å². The molecule has 0 saturated carbocycles. The summed E-state index contributed by atoms with van der Waals surface area (Å²) in [6, 6.07) is 17.0. The first-order chi connectivity index (χ1) is 15.7. The Morgan fingerprint density at radius 1 is 1.15 bits per heavy atom. The molecule has 1 amide bonds. The highest BCUT2D eigenvalue weighted by Crippen LogP contribution is 2.41. The lowest BCUT2D eigenvalue weighted by molar-refractivity contribution is 0.0887. The van der Waals surface area contributed by atoms with Crippen molar-refractivity contribution in [1.82, 2.24) is 15.1 Å². The van der Waals surface area contributed by atoms with E-state index >= 15 is 0 Å². The number of amides is 1. The van der Waals surface area contributed by atoms with Crippen molar-refractivity contribution in [1.29, 1.82) is 0 Å². The third-order valence-electron chi connectivity index (χ3n) is 7.03. The van der Waals surface area contributed by atoms with E-state index in [4.69, 9.17) is 5.10 Å². The predicted octanol–water partition coefficient (Wildman–Crippen LogP) is 6.07. The summed E-state index contributed by atoms with van der Waals surface area (Å²) in [5.41, 5.74) is 1.79. The molecule has 2 heterocycles. The van der Waals surface area contributed by atoms with Gasteiger partial charge in [0.15, 0.2) is 0 Å². The van der Waals surface area contributed by atoms with E-state index < -0.39 is 5.54 Å². The molecule has 3 aromatic rings. The molecule has 5 nitrogen and oxygen atoms in total. The van der Waals surface area contributed by atoms with E-state index in [1.54, 1.807) is 12.1 Å². The van der Waals surface area contributed by atoms with Crippen molar-refractivity contribution in [2.75, 3.05) is 5.32 Å². The molecule has 0 fully saturated rings. The summed E-state index contributed by atoms with van der Waals surface area (Å²) in [7, 11) is 0. The lowest BCUT2D eigenvalue weighted by atomic mass is 9.84. The number of rotatable bonds is 6. The Balaban J connectivity index is 1.74. The highest BCUT2D eigenvalue weighted by molar-refractivity contribution is 6.00. The maximum Gasteiger partial charge on any atom is 0.257 e. The number of hydrogen-bond donors (Lipinski definition) is 2. The average molecular weight is 449 g/mol. The van der Waals surface area contributed by atoms with Crippen molar-refractivity contribution in [2.45, 2.75) is 71.0 Å². The molecule has 0 saturated heterocycles. The monoisotopic (exact) mass is 448 g/mol. The number of benzene rings is 2. The van der Waals surface area contributed by atoms with Crippen LogP contribution in [0.25, 0.3) is 0 Å². The van der Waals surface area contributed by atoms with Crippen LogP contribution in [0.4, 0.5) is 10.2 Å². The van der Waals surface area contributed by atoms with Crippen LogP contribution in [0, 0.1) is 12.7 Å². The minimum absolute atomic E-state index is 0.0602. The average Bonchev–Trinajstić information content (AvgIpc) is 3.15. The number of carbonyl (C=O) groups is 1. The van der Waals surface area contributed by atoms with E-state index in [2.05, 4.69) is 36.6 Å². The molecule has 1 unspecified atom stereocenters. The van der Waals surface area contributed by atoms with Crippen LogP contribution < -0.4 is 10.6 Å². The number of halogens is 1. The molecular weight excluding hydrogens is 415 g/mol. The summed E-state index contributed by atoms with van der Waals surface area (Å²) in [5, 5.41) is 11.5. The first-order valence-electron chi connectivity index (χ1n) is 11.7. The number of carbonyl (C=O) groups excluding carboxylic acids is 1. The molecule has 0 bridgehead atoms. The number of aromatic nitrogens is 2. The fourth-order valence-electron chi connectivity index (χ4n) is 5.06. The number of aryl methyl sites for hydroxylation is 1. The number of anilines is 1. The predicted molar refractivity (Wildman–Crippen MR) is 130 cm³/mol. The topological polar surface area (TPSA) is 59.0 Å². The number of hydrogen-bond acceptors (Lipinski definition) is 3. The van der Waals surface area contributed by atoms with Gasteiger partial charge in [-0.3, -0.25) is 4.79 Å². The summed E-state index contributed by atoms with van der Waals surface area (Å²) in [5.74, 6) is 0.168. The maximum atomic E-state index is 14.8. The van der Waals surface area contributed by atoms with Gasteiger partial charge in [0.2, 0.25) is 0 Å². The van der Waals surface area contributed by atoms with Gasteiger partial charge in [-0.15, -0.1) is 0 Å². The standard InChI is InChI=1S/C27H33FN4O/c1-6-27(7-2,20-15-11-12-16-21(20)28)30-25(33)23-18(3)31-32-24(23)29-22(17-26(32,4)5)19-13-9-8-10-14-19/h8-16,22,29H,6-7,17H2,1-5H3,(H,30,33). The van der Waals surface area contributed by atoms with Gasteiger partial charge >= 0.3 is 0 Å². The van der Waals surface area contributed by atoms with E-state index in [1.807, 2.05) is 49.7 Å². The Morgan fingerprint density at radius 3 is 2.42 bits per heavy atom. The maximum absolute atomic E-state index is 14.8. The van der Waals surface area contributed by atoms with Crippen molar-refractivity contribution in [3.8, 4) is 0 Å². The molecule has 174 valence electrons. The van der Waals surface area contributed by atoms with Crippen molar-refractivity contribution in [3.05, 3.63) is 82.8 Å². The molecule has 0 aliphatic carbocycles. The lowest BCUT2D eigenvalue weighted by Gasteiger charge is -2.38. The zero-order chi connectivity index (χ0) is 23.8. The first kappa shape index (κ1) is 23.0. The smallest absolute Gasteiger partial charge is 0.257 e. The summed E-state index contributed by atoms with van der Waals surface area (Å²) in [6.07, 6.45) is 1.99. The van der Waals surface area contributed by atoms with Gasteiger partial charge in [-0.25, -0.2) is 9.07 Å². The second-order valence-corrected chi connectivity index (χ2v) is 9.57. The molecule has 1 aromatic heterocycles. The summed E-state index contributed by atoms with van der Waals surface area (Å²) >= 11 is 0. The van der Waals surface area contributed by atoms with E-state index in [-0.39, 0.29) is 23.3 Å². The summed E-state index contributed by atoms with van der Waals surface area (Å²) < 4.78 is 16.7. The van der Waals surface area contributed by atoms with Gasteiger partial charge in [0.05, 0.1) is 22.8 Å². The fourth-order valence-corrected chi connectivity index (χ4v) is 5.06. The molecule has 4 rings (SSSR count). The van der Waals surface area contributed by atoms with Gasteiger partial charge in [0.1, 0.15) is 17.2 Å². The lowest BCUT2D eigenvalue weighted by Crippen LogP contribution is -2.46. The van der Waals surface area contributed by atoms with E-state index in [0.29, 0.717) is 35.5 Å². The van der Waals surface area contributed by atoms with Gasteiger partial charge in [-0.1, -0.05) is 62.4 Å². The van der Waals surface area contributed by atoms with Crippen LogP contribution in [0.3, 0.4) is 0 Å². The Bertz CT molecular complexity index is 1150. The van der Waals surface area contributed by atoms with Gasteiger partial charge in [0.25, 0.3) is 5.91 Å². The highest BCUT2D eigenvalue weighted by atomic mass is 19.1. The van der Waals surface area contributed by atoms with Crippen molar-refractivity contribution < 1.29 is 9.18 Å². The fraction of sp³-hybridized carbons (Fsp3) is 0.407. The zero-order valence-electron chi connectivity index (χ0n) is 20.1. The molecule has 33 heavy (non-hydrogen) atoms. The Hall–Kier alpha value is -3.15. The third-order valence-corrected chi connectivity index (χ3v) is 7.03. The van der Waals surface area contributed by atoms with E-state index in [9.17, 15) is 9.18 Å². The molecule has 1 aliphatic rings. The largest absolute Gasteiger partial charge is 0.363 e. The molecule has 6 heteroatoms. The SMILES string of the molecule is CCC(CC)(NC(=O)c1c(C)nn2c1NC(c1ccccc1)CC2(C)C)c1ccccc1F. The van der Waals surface area contributed by atoms with Crippen LogP contribution in [0.5, 0.6) is 0 Å². The molecule has 0 radical (unpaired) electrons. The van der Waals surface area contributed by atoms with Crippen LogP contribution >= 0.6 is 0 Å². The van der Waals surface area contributed by atoms with Gasteiger partial charge in [0, 0.05) is 5.56 Å². The van der Waals surface area contributed by atoms with Crippen LogP contribution in [-0.4, -0.2) is 15.7 Å². The van der Waals surface area contributed by atoms with E-state index in [0.717, 1.165) is 6.42 Å². The zero-order valence-corrected chi connectivity index (χ0v) is 20.1. The van der Waals surface area contributed by atoms with Crippen molar-refractivity contribution in [2.24, 2.45) is 0 Å². The molecule has 2 aromatic carbocycles. The second-order valence-electron chi connectivity index (χ2n) is 9.57. The van der Waals surface area contributed by atoms with Crippen LogP contribution in [0.1, 0.15) is 80.2 Å². The summed E-state index contributed by atoms with van der Waals surface area (Å²) in [4.78, 5) is 13.7. The van der Waals surface area contributed by atoms with Gasteiger partial charge in [-0.05, 0) is 51.7 Å². The first-order valence-corrected chi connectivity index (χ1v) is 11.7. The quantitative estimate of drug-likeness (QED) is 0.481. The van der Waals surface area contributed by atoms with Crippen LogP contribution in [0.15, 0.2) is 54.6 Å². The van der Waals surface area contributed by atoms with Crippen LogP contribution in [-0.2, 0) is 11.1 Å². The molecular formula is C27H33FN4O. The minimum atomic E-state index is -0.799. The van der Waals surface area contributed by atoms with Crippen molar-refractivity contribution >= 4 is 11.7 Å². The third kappa shape index (κ3) is 4.03. The van der Waals surface area contributed by atoms with E-state index in [1.165, 1.54) is 11.6 Å². The Kier molecular flexibility index (Phi) is 6.04. The number of nitrogens with one attached hydrogen (secondary N) is 2. The number of fused-ring (bicyclic) bond motifs is 1.